The first kappa shape index (κ1) is 10.9. The van der Waals surface area contributed by atoms with E-state index in [1.54, 1.807) is 0 Å². The van der Waals surface area contributed by atoms with E-state index in [0.29, 0.717) is 10.5 Å². The van der Waals surface area contributed by atoms with Crippen molar-refractivity contribution in [1.82, 2.24) is 15.3 Å². The van der Waals surface area contributed by atoms with Crippen LogP contribution in [0, 0.1) is 0 Å². The van der Waals surface area contributed by atoms with E-state index in [1.807, 2.05) is 29.7 Å². The molecule has 1 aromatic rings. The van der Waals surface area contributed by atoms with Crippen molar-refractivity contribution in [2.75, 3.05) is 11.5 Å². The lowest BCUT2D eigenvalue weighted by molar-refractivity contribution is 0.752. The molecule has 2 unspecified atom stereocenters. The first-order valence-electron chi connectivity index (χ1n) is 5.63. The van der Waals surface area contributed by atoms with Gasteiger partial charge >= 0.3 is 0 Å². The van der Waals surface area contributed by atoms with Crippen molar-refractivity contribution in [2.24, 2.45) is 0 Å². The Hall–Kier alpha value is -0.260. The molecule has 1 N–H and O–H groups in total. The molecular formula is C11H15N3S2. The highest BCUT2D eigenvalue weighted by molar-refractivity contribution is 8.06. The third-order valence-electron chi connectivity index (χ3n) is 3.02. The Morgan fingerprint density at radius 1 is 1.31 bits per heavy atom. The lowest BCUT2D eigenvalue weighted by Crippen LogP contribution is -2.18. The Labute approximate surface area is 104 Å². The summed E-state index contributed by atoms with van der Waals surface area (Å²) < 4.78 is 0. The summed E-state index contributed by atoms with van der Waals surface area (Å²) in [5.74, 6) is 3.51. The topological polar surface area (TPSA) is 37.8 Å². The molecular weight excluding hydrogens is 238 g/mol. The number of thioether (sulfide) groups is 2. The third kappa shape index (κ3) is 1.96. The van der Waals surface area contributed by atoms with Crippen LogP contribution in [0.15, 0.2) is 6.20 Å². The summed E-state index contributed by atoms with van der Waals surface area (Å²) in [4.78, 5) is 9.26. The van der Waals surface area contributed by atoms with Crippen LogP contribution in [0.25, 0.3) is 0 Å². The minimum absolute atomic E-state index is 0.477. The van der Waals surface area contributed by atoms with Gasteiger partial charge in [0.2, 0.25) is 0 Å². The molecule has 2 aliphatic rings. The first-order valence-corrected chi connectivity index (χ1v) is 7.73. The largest absolute Gasteiger partial charge is 0.307 e. The molecule has 0 aromatic carbocycles. The Balaban J connectivity index is 1.88. The predicted molar refractivity (Wildman–Crippen MR) is 69.7 cm³/mol. The number of nitrogens with zero attached hydrogens (tertiary/aromatic N) is 2. The molecule has 0 bridgehead atoms. The summed E-state index contributed by atoms with van der Waals surface area (Å²) in [5.41, 5.74) is 2.47. The van der Waals surface area contributed by atoms with E-state index in [-0.39, 0.29) is 0 Å². The SMILES string of the molecule is CC1SCCSC1c1ncc2c(n1)CNC2. The van der Waals surface area contributed by atoms with Gasteiger partial charge in [0.1, 0.15) is 5.82 Å². The number of fused-ring (bicyclic) bond motifs is 1. The first-order chi connectivity index (χ1) is 7.84. The van der Waals surface area contributed by atoms with Crippen LogP contribution in [0.2, 0.25) is 0 Å². The summed E-state index contributed by atoms with van der Waals surface area (Å²) in [6.45, 7) is 4.12. The molecule has 3 heterocycles. The van der Waals surface area contributed by atoms with Gasteiger partial charge in [-0.25, -0.2) is 9.97 Å². The lowest BCUT2D eigenvalue weighted by Gasteiger charge is -2.26. The standard InChI is InChI=1S/C11H15N3S2/c1-7-10(16-3-2-15-7)11-13-5-8-4-12-6-9(8)14-11/h5,7,10,12H,2-4,6H2,1H3. The minimum atomic E-state index is 0.477. The fourth-order valence-corrected chi connectivity index (χ4v) is 4.82. The zero-order valence-electron chi connectivity index (χ0n) is 9.27. The van der Waals surface area contributed by atoms with E-state index in [4.69, 9.17) is 4.98 Å². The van der Waals surface area contributed by atoms with Crippen LogP contribution in [0.1, 0.15) is 29.3 Å². The van der Waals surface area contributed by atoms with Crippen molar-refractivity contribution < 1.29 is 0 Å². The zero-order chi connectivity index (χ0) is 11.0. The van der Waals surface area contributed by atoms with Crippen molar-refractivity contribution in [3.63, 3.8) is 0 Å². The Kier molecular flexibility index (Phi) is 3.09. The molecule has 86 valence electrons. The van der Waals surface area contributed by atoms with E-state index in [0.717, 1.165) is 18.9 Å². The molecule has 0 radical (unpaired) electrons. The normalized spacial score (nSPS) is 29.1. The Morgan fingerprint density at radius 3 is 3.06 bits per heavy atom. The van der Waals surface area contributed by atoms with Gasteiger partial charge in [0, 0.05) is 41.6 Å². The van der Waals surface area contributed by atoms with Gasteiger partial charge in [0.15, 0.2) is 0 Å². The monoisotopic (exact) mass is 253 g/mol. The fourth-order valence-electron chi connectivity index (χ4n) is 2.13. The Bertz CT molecular complexity index is 397. The molecule has 1 aromatic heterocycles. The molecule has 16 heavy (non-hydrogen) atoms. The molecule has 0 saturated carbocycles. The molecule has 0 amide bonds. The van der Waals surface area contributed by atoms with E-state index >= 15 is 0 Å². The van der Waals surface area contributed by atoms with Gasteiger partial charge in [-0.1, -0.05) is 6.92 Å². The third-order valence-corrected chi connectivity index (χ3v) is 6.11. The van der Waals surface area contributed by atoms with Crippen LogP contribution in [0.3, 0.4) is 0 Å². The van der Waals surface area contributed by atoms with E-state index in [2.05, 4.69) is 17.2 Å². The predicted octanol–water partition coefficient (Wildman–Crippen LogP) is 1.99. The smallest absolute Gasteiger partial charge is 0.142 e. The van der Waals surface area contributed by atoms with Crippen molar-refractivity contribution in [3.8, 4) is 0 Å². The van der Waals surface area contributed by atoms with Crippen molar-refractivity contribution >= 4 is 23.5 Å². The van der Waals surface area contributed by atoms with Gasteiger partial charge in [-0.15, -0.1) is 11.8 Å². The molecule has 3 rings (SSSR count). The molecule has 3 nitrogen and oxygen atoms in total. The molecule has 0 aliphatic carbocycles. The fraction of sp³-hybridized carbons (Fsp3) is 0.636. The quantitative estimate of drug-likeness (QED) is 0.828. The van der Waals surface area contributed by atoms with Gasteiger partial charge in [0.05, 0.1) is 10.9 Å². The van der Waals surface area contributed by atoms with Crippen LogP contribution in [0.5, 0.6) is 0 Å². The zero-order valence-corrected chi connectivity index (χ0v) is 10.9. The van der Waals surface area contributed by atoms with Crippen molar-refractivity contribution in [1.29, 1.82) is 0 Å². The summed E-state index contributed by atoms with van der Waals surface area (Å²) >= 11 is 4.04. The highest BCUT2D eigenvalue weighted by Gasteiger charge is 2.27. The number of nitrogens with one attached hydrogen (secondary N) is 1. The van der Waals surface area contributed by atoms with Crippen LogP contribution in [-0.4, -0.2) is 26.7 Å². The second kappa shape index (κ2) is 4.55. The Morgan fingerprint density at radius 2 is 2.19 bits per heavy atom. The van der Waals surface area contributed by atoms with Crippen LogP contribution >= 0.6 is 23.5 Å². The summed E-state index contributed by atoms with van der Waals surface area (Å²) in [6, 6.07) is 0. The number of aromatic nitrogens is 2. The molecule has 2 atom stereocenters. The molecule has 0 spiro atoms. The molecule has 1 fully saturated rings. The average molecular weight is 253 g/mol. The van der Waals surface area contributed by atoms with Gasteiger partial charge < -0.3 is 5.32 Å². The number of hydrogen-bond donors (Lipinski definition) is 1. The summed E-state index contributed by atoms with van der Waals surface area (Å²) in [5, 5.41) is 4.42. The average Bonchev–Trinajstić information content (AvgIpc) is 2.76. The van der Waals surface area contributed by atoms with E-state index < -0.39 is 0 Å². The minimum Gasteiger partial charge on any atom is -0.307 e. The maximum Gasteiger partial charge on any atom is 0.142 e. The van der Waals surface area contributed by atoms with Crippen LogP contribution < -0.4 is 5.32 Å². The molecule has 5 heteroatoms. The van der Waals surface area contributed by atoms with Crippen molar-refractivity contribution in [3.05, 3.63) is 23.3 Å². The number of rotatable bonds is 1. The number of hydrogen-bond acceptors (Lipinski definition) is 5. The summed E-state index contributed by atoms with van der Waals surface area (Å²) in [7, 11) is 0. The maximum absolute atomic E-state index is 4.72. The van der Waals surface area contributed by atoms with Gasteiger partial charge in [-0.05, 0) is 0 Å². The highest BCUT2D eigenvalue weighted by atomic mass is 32.2. The second-order valence-electron chi connectivity index (χ2n) is 4.17. The van der Waals surface area contributed by atoms with Crippen molar-refractivity contribution in [2.45, 2.75) is 30.5 Å². The second-order valence-corrected chi connectivity index (χ2v) is 6.91. The molecule has 2 aliphatic heterocycles. The van der Waals surface area contributed by atoms with E-state index in [1.165, 1.54) is 22.8 Å². The van der Waals surface area contributed by atoms with Gasteiger partial charge in [-0.3, -0.25) is 0 Å². The highest BCUT2D eigenvalue weighted by Crippen LogP contribution is 2.41. The van der Waals surface area contributed by atoms with Crippen LogP contribution in [-0.2, 0) is 13.1 Å². The summed E-state index contributed by atoms with van der Waals surface area (Å²) in [6.07, 6.45) is 2.00. The van der Waals surface area contributed by atoms with E-state index in [9.17, 15) is 0 Å². The molecule has 1 saturated heterocycles. The van der Waals surface area contributed by atoms with Gasteiger partial charge in [0.25, 0.3) is 0 Å². The maximum atomic E-state index is 4.72. The van der Waals surface area contributed by atoms with Crippen LogP contribution in [0.4, 0.5) is 0 Å². The van der Waals surface area contributed by atoms with Gasteiger partial charge in [-0.2, -0.15) is 11.8 Å². The lowest BCUT2D eigenvalue weighted by atomic mass is 10.2.